The van der Waals surface area contributed by atoms with Crippen LogP contribution in [0.2, 0.25) is 5.02 Å². The second-order valence-electron chi connectivity index (χ2n) is 6.36. The number of aromatic nitrogens is 1. The molecule has 0 aliphatic rings. The number of nitrogens with two attached hydrogens (primary N) is 1. The Hall–Kier alpha value is -3.44. The number of fused-ring (bicyclic) bond motifs is 1. The molecule has 28 heavy (non-hydrogen) atoms. The molecular weight excluding hydrogens is 376 g/mol. The number of nitrogens with zero attached hydrogens (tertiary/aromatic N) is 1. The largest absolute Gasteiger partial charge is 0.476 e. The normalized spacial score (nSPS) is 10.9. The second-order valence-corrected chi connectivity index (χ2v) is 6.79. The van der Waals surface area contributed by atoms with E-state index in [1.165, 1.54) is 0 Å². The van der Waals surface area contributed by atoms with Gasteiger partial charge in [-0.2, -0.15) is 0 Å². The van der Waals surface area contributed by atoms with E-state index in [2.05, 4.69) is 0 Å². The van der Waals surface area contributed by atoms with Crippen LogP contribution in [0, 0.1) is 0 Å². The van der Waals surface area contributed by atoms with Crippen LogP contribution in [0.15, 0.2) is 72.8 Å². The van der Waals surface area contributed by atoms with E-state index in [1.807, 2.05) is 54.6 Å². The molecule has 1 aromatic heterocycles. The van der Waals surface area contributed by atoms with Crippen molar-refractivity contribution in [3.8, 4) is 11.5 Å². The van der Waals surface area contributed by atoms with Gasteiger partial charge in [0, 0.05) is 17.0 Å². The molecule has 0 bridgehead atoms. The van der Waals surface area contributed by atoms with Crippen molar-refractivity contribution in [1.29, 1.82) is 0 Å². The molecule has 0 unspecified atom stereocenters. The molecule has 1 heterocycles. The van der Waals surface area contributed by atoms with Crippen LogP contribution in [0.25, 0.3) is 10.9 Å². The first-order valence-electron chi connectivity index (χ1n) is 8.66. The fraction of sp³-hybridized carbons (Fsp3) is 0.0455. The van der Waals surface area contributed by atoms with E-state index < -0.39 is 5.97 Å². The van der Waals surface area contributed by atoms with E-state index >= 15 is 0 Å². The number of benzene rings is 3. The highest BCUT2D eigenvalue weighted by Gasteiger charge is 2.25. The Kier molecular flexibility index (Phi) is 4.67. The van der Waals surface area contributed by atoms with Crippen LogP contribution in [-0.4, -0.2) is 15.6 Å². The van der Waals surface area contributed by atoms with Crippen LogP contribution in [0.4, 0.5) is 5.69 Å². The van der Waals surface area contributed by atoms with Gasteiger partial charge < -0.3 is 20.1 Å². The van der Waals surface area contributed by atoms with E-state index in [1.54, 1.807) is 22.8 Å². The highest BCUT2D eigenvalue weighted by Crippen LogP contribution is 2.39. The van der Waals surface area contributed by atoms with Crippen molar-refractivity contribution >= 4 is 34.2 Å². The summed E-state index contributed by atoms with van der Waals surface area (Å²) in [6, 6.07) is 22.0. The van der Waals surface area contributed by atoms with Gasteiger partial charge in [-0.3, -0.25) is 0 Å². The third-order valence-corrected chi connectivity index (χ3v) is 4.73. The smallest absolute Gasteiger partial charge is 0.356 e. The maximum Gasteiger partial charge on any atom is 0.356 e. The van der Waals surface area contributed by atoms with Gasteiger partial charge in [0.25, 0.3) is 0 Å². The monoisotopic (exact) mass is 392 g/mol. The number of halogens is 1. The van der Waals surface area contributed by atoms with Crippen molar-refractivity contribution in [2.75, 3.05) is 5.73 Å². The predicted octanol–water partition coefficient (Wildman–Crippen LogP) is 5.42. The SMILES string of the molecule is Nc1cc(Cl)ccc1Oc1c(C(=O)O)n(Cc2ccccc2)c2ccccc12. The number of aromatic carboxylic acids is 1. The van der Waals surface area contributed by atoms with Gasteiger partial charge in [-0.25, -0.2) is 4.79 Å². The zero-order valence-corrected chi connectivity index (χ0v) is 15.6. The summed E-state index contributed by atoms with van der Waals surface area (Å²) >= 11 is 5.96. The van der Waals surface area contributed by atoms with Gasteiger partial charge in [-0.15, -0.1) is 0 Å². The quantitative estimate of drug-likeness (QED) is 0.445. The van der Waals surface area contributed by atoms with Crippen molar-refractivity contribution in [3.05, 3.63) is 89.1 Å². The number of anilines is 1. The third-order valence-electron chi connectivity index (χ3n) is 4.49. The first-order valence-corrected chi connectivity index (χ1v) is 9.03. The molecule has 0 atom stereocenters. The standard InChI is InChI=1S/C22H17ClN2O3/c23-15-10-11-19(17(24)12-15)28-21-16-8-4-5-9-18(16)25(20(21)22(26)27)13-14-6-2-1-3-7-14/h1-12H,13,24H2,(H,26,27). The van der Waals surface area contributed by atoms with Crippen LogP contribution >= 0.6 is 11.6 Å². The van der Waals surface area contributed by atoms with Crippen LogP contribution in [0.3, 0.4) is 0 Å². The molecule has 0 radical (unpaired) electrons. The lowest BCUT2D eigenvalue weighted by Gasteiger charge is -2.11. The molecule has 3 N–H and O–H groups in total. The minimum Gasteiger partial charge on any atom is -0.476 e. The molecule has 0 aliphatic carbocycles. The minimum atomic E-state index is -1.07. The van der Waals surface area contributed by atoms with E-state index in [4.69, 9.17) is 22.1 Å². The van der Waals surface area contributed by atoms with Crippen LogP contribution < -0.4 is 10.5 Å². The number of para-hydroxylation sites is 1. The summed E-state index contributed by atoms with van der Waals surface area (Å²) in [5.74, 6) is -0.461. The Bertz CT molecular complexity index is 1170. The summed E-state index contributed by atoms with van der Waals surface area (Å²) < 4.78 is 7.75. The topological polar surface area (TPSA) is 77.5 Å². The van der Waals surface area contributed by atoms with E-state index in [-0.39, 0.29) is 11.4 Å². The fourth-order valence-corrected chi connectivity index (χ4v) is 3.42. The van der Waals surface area contributed by atoms with Crippen molar-refractivity contribution in [2.45, 2.75) is 6.54 Å². The first kappa shape index (κ1) is 17.9. The Morgan fingerprint density at radius 3 is 2.46 bits per heavy atom. The Labute approximate surface area is 166 Å². The van der Waals surface area contributed by atoms with Crippen molar-refractivity contribution < 1.29 is 14.6 Å². The molecule has 140 valence electrons. The first-order chi connectivity index (χ1) is 13.5. The summed E-state index contributed by atoms with van der Waals surface area (Å²) in [5.41, 5.74) is 8.17. The number of rotatable bonds is 5. The maximum atomic E-state index is 12.2. The number of ether oxygens (including phenoxy) is 1. The lowest BCUT2D eigenvalue weighted by Crippen LogP contribution is -2.10. The van der Waals surface area contributed by atoms with E-state index in [0.29, 0.717) is 28.4 Å². The van der Waals surface area contributed by atoms with Gasteiger partial charge in [0.2, 0.25) is 0 Å². The predicted molar refractivity (Wildman–Crippen MR) is 110 cm³/mol. The lowest BCUT2D eigenvalue weighted by atomic mass is 10.2. The number of hydrogen-bond donors (Lipinski definition) is 2. The highest BCUT2D eigenvalue weighted by molar-refractivity contribution is 6.30. The molecule has 4 rings (SSSR count). The van der Waals surface area contributed by atoms with Gasteiger partial charge in [-0.05, 0) is 35.9 Å². The van der Waals surface area contributed by atoms with Crippen LogP contribution in [-0.2, 0) is 6.54 Å². The molecule has 4 aromatic rings. The van der Waals surface area contributed by atoms with E-state index in [0.717, 1.165) is 11.1 Å². The molecule has 0 fully saturated rings. The second kappa shape index (κ2) is 7.29. The van der Waals surface area contributed by atoms with Gasteiger partial charge >= 0.3 is 5.97 Å². The van der Waals surface area contributed by atoms with E-state index in [9.17, 15) is 9.90 Å². The summed E-state index contributed by atoms with van der Waals surface area (Å²) in [5, 5.41) is 11.1. The van der Waals surface area contributed by atoms with Gasteiger partial charge in [0.15, 0.2) is 17.2 Å². The molecule has 0 amide bonds. The van der Waals surface area contributed by atoms with Crippen molar-refractivity contribution in [3.63, 3.8) is 0 Å². The molecule has 0 aliphatic heterocycles. The molecule has 3 aromatic carbocycles. The summed E-state index contributed by atoms with van der Waals surface area (Å²) in [6.07, 6.45) is 0. The summed E-state index contributed by atoms with van der Waals surface area (Å²) in [4.78, 5) is 12.2. The number of hydrogen-bond acceptors (Lipinski definition) is 3. The molecule has 0 saturated carbocycles. The number of carboxylic acids is 1. The lowest BCUT2D eigenvalue weighted by molar-refractivity contribution is 0.0683. The Morgan fingerprint density at radius 2 is 1.75 bits per heavy atom. The van der Waals surface area contributed by atoms with Crippen LogP contribution in [0.1, 0.15) is 16.1 Å². The number of carboxylic acid groups (broad SMARTS) is 1. The molecule has 6 heteroatoms. The summed E-state index contributed by atoms with van der Waals surface area (Å²) in [7, 11) is 0. The van der Waals surface area contributed by atoms with Gasteiger partial charge in [0.05, 0.1) is 11.2 Å². The number of carbonyl (C=O) groups is 1. The Balaban J connectivity index is 1.90. The molecule has 0 spiro atoms. The van der Waals surface area contributed by atoms with Crippen molar-refractivity contribution in [2.24, 2.45) is 0 Å². The van der Waals surface area contributed by atoms with Crippen molar-refractivity contribution in [1.82, 2.24) is 4.57 Å². The Morgan fingerprint density at radius 1 is 1.04 bits per heavy atom. The molecule has 5 nitrogen and oxygen atoms in total. The van der Waals surface area contributed by atoms with Gasteiger partial charge in [-0.1, -0.05) is 54.1 Å². The van der Waals surface area contributed by atoms with Gasteiger partial charge in [0.1, 0.15) is 0 Å². The highest BCUT2D eigenvalue weighted by atomic mass is 35.5. The maximum absolute atomic E-state index is 12.2. The molecular formula is C22H17ClN2O3. The minimum absolute atomic E-state index is 0.0689. The average Bonchev–Trinajstić information content (AvgIpc) is 2.99. The summed E-state index contributed by atoms with van der Waals surface area (Å²) in [6.45, 7) is 0.405. The zero-order chi connectivity index (χ0) is 19.7. The van der Waals surface area contributed by atoms with Crippen LogP contribution in [0.5, 0.6) is 11.5 Å². The fourth-order valence-electron chi connectivity index (χ4n) is 3.24. The average molecular weight is 393 g/mol. The third kappa shape index (κ3) is 3.28. The zero-order valence-electron chi connectivity index (χ0n) is 14.8. The molecule has 0 saturated heterocycles. The number of nitrogen functional groups attached to an aromatic ring is 1.